The minimum atomic E-state index is -0.440. The lowest BCUT2D eigenvalue weighted by Crippen LogP contribution is -2.47. The minimum Gasteiger partial charge on any atom is -0.409 e. The number of hydrogen-bond donors (Lipinski definition) is 1. The van der Waals surface area contributed by atoms with E-state index in [0.29, 0.717) is 16.5 Å². The lowest BCUT2D eigenvalue weighted by molar-refractivity contribution is 0.312. The van der Waals surface area contributed by atoms with Gasteiger partial charge in [0.25, 0.3) is 11.1 Å². The first-order valence-corrected chi connectivity index (χ1v) is 9.22. The summed E-state index contributed by atoms with van der Waals surface area (Å²) in [5.74, 6) is -0.325. The Hall–Kier alpha value is -3.45. The number of nitrogens with zero attached hydrogens (tertiary/aromatic N) is 3. The van der Waals surface area contributed by atoms with Crippen molar-refractivity contribution >= 4 is 27.9 Å². The predicted octanol–water partition coefficient (Wildman–Crippen LogP) is 3.00. The zero-order valence-corrected chi connectivity index (χ0v) is 14.8. The van der Waals surface area contributed by atoms with Crippen LogP contribution in [-0.2, 0) is 0 Å². The third-order valence-corrected chi connectivity index (χ3v) is 5.79. The fourth-order valence-electron chi connectivity index (χ4n) is 3.71. The molecule has 0 saturated heterocycles. The smallest absolute Gasteiger partial charge is 0.279 e. The number of benzene rings is 2. The molecule has 0 aliphatic carbocycles. The van der Waals surface area contributed by atoms with E-state index in [0.717, 1.165) is 10.4 Å². The Morgan fingerprint density at radius 2 is 1.52 bits per heavy atom. The van der Waals surface area contributed by atoms with E-state index in [1.807, 2.05) is 35.7 Å². The summed E-state index contributed by atoms with van der Waals surface area (Å²) in [5, 5.41) is 15.9. The van der Waals surface area contributed by atoms with Gasteiger partial charge in [-0.15, -0.1) is 11.3 Å². The summed E-state index contributed by atoms with van der Waals surface area (Å²) < 4.78 is 2.50. The van der Waals surface area contributed by atoms with Crippen LogP contribution in [0.4, 0.5) is 0 Å². The molecular weight excluding hydrogens is 362 g/mol. The third kappa shape index (κ3) is 2.09. The average molecular weight is 375 g/mol. The lowest BCUT2D eigenvalue weighted by Gasteiger charge is -2.30. The van der Waals surface area contributed by atoms with Gasteiger partial charge in [-0.2, -0.15) is 4.68 Å². The molecule has 4 aromatic rings. The van der Waals surface area contributed by atoms with Gasteiger partial charge in [0, 0.05) is 4.88 Å². The highest BCUT2D eigenvalue weighted by Gasteiger charge is 2.35. The van der Waals surface area contributed by atoms with Gasteiger partial charge < -0.3 is 5.21 Å². The van der Waals surface area contributed by atoms with Crippen LogP contribution in [0.3, 0.4) is 0 Å². The maximum Gasteiger partial charge on any atom is 0.279 e. The molecular formula is C20H13N3O3S. The Balaban J connectivity index is 2.00. The highest BCUT2D eigenvalue weighted by atomic mass is 32.1. The average Bonchev–Trinajstić information content (AvgIpc) is 3.24. The van der Waals surface area contributed by atoms with Gasteiger partial charge in [-0.1, -0.05) is 41.6 Å². The van der Waals surface area contributed by atoms with E-state index in [-0.39, 0.29) is 11.4 Å². The van der Waals surface area contributed by atoms with Crippen LogP contribution in [0.15, 0.2) is 80.8 Å². The van der Waals surface area contributed by atoms with Crippen molar-refractivity contribution in [3.8, 4) is 5.69 Å². The second kappa shape index (κ2) is 5.78. The Morgan fingerprint density at radius 1 is 0.852 bits per heavy atom. The SMILES string of the molecule is O=c1c2ccccc2c(=O)n2n1/C(=N/O)C(c1cccs1)c1ccccc1-2. The van der Waals surface area contributed by atoms with Crippen LogP contribution in [0.2, 0.25) is 0 Å². The fourth-order valence-corrected chi connectivity index (χ4v) is 4.55. The lowest BCUT2D eigenvalue weighted by atomic mass is 9.92. The molecule has 2 aromatic carbocycles. The molecule has 1 N–H and O–H groups in total. The Bertz CT molecular complexity index is 1330. The van der Waals surface area contributed by atoms with Crippen molar-refractivity contribution in [1.82, 2.24) is 9.36 Å². The largest absolute Gasteiger partial charge is 0.409 e. The van der Waals surface area contributed by atoms with Crippen LogP contribution in [0, 0.1) is 0 Å². The van der Waals surface area contributed by atoms with Gasteiger partial charge in [0.15, 0.2) is 5.84 Å². The maximum atomic E-state index is 13.2. The number of fused-ring (bicyclic) bond motifs is 4. The van der Waals surface area contributed by atoms with E-state index in [1.54, 1.807) is 30.3 Å². The molecule has 1 atom stereocenters. The molecule has 0 saturated carbocycles. The topological polar surface area (TPSA) is 76.6 Å². The van der Waals surface area contributed by atoms with Crippen molar-refractivity contribution in [1.29, 1.82) is 0 Å². The predicted molar refractivity (Wildman–Crippen MR) is 105 cm³/mol. The molecule has 6 nitrogen and oxygen atoms in total. The van der Waals surface area contributed by atoms with Crippen LogP contribution in [0.25, 0.3) is 16.5 Å². The first-order valence-electron chi connectivity index (χ1n) is 8.34. The fraction of sp³-hybridized carbons (Fsp3) is 0.0500. The number of hydrogen-bond acceptors (Lipinski definition) is 5. The van der Waals surface area contributed by atoms with Crippen LogP contribution >= 0.6 is 11.3 Å². The van der Waals surface area contributed by atoms with Crippen LogP contribution in [0.1, 0.15) is 16.4 Å². The van der Waals surface area contributed by atoms with Gasteiger partial charge in [0.05, 0.1) is 22.4 Å². The summed E-state index contributed by atoms with van der Waals surface area (Å²) in [4.78, 5) is 27.4. The molecule has 0 fully saturated rings. The second-order valence-electron chi connectivity index (χ2n) is 6.24. The summed E-state index contributed by atoms with van der Waals surface area (Å²) >= 11 is 1.51. The first kappa shape index (κ1) is 15.8. The molecule has 27 heavy (non-hydrogen) atoms. The highest BCUT2D eigenvalue weighted by molar-refractivity contribution is 7.10. The van der Waals surface area contributed by atoms with Crippen molar-refractivity contribution in [2.75, 3.05) is 0 Å². The molecule has 0 radical (unpaired) electrons. The summed E-state index contributed by atoms with van der Waals surface area (Å²) in [6.07, 6.45) is 0. The number of thiophene rings is 1. The van der Waals surface area contributed by atoms with Gasteiger partial charge in [0.2, 0.25) is 0 Å². The van der Waals surface area contributed by atoms with Crippen molar-refractivity contribution < 1.29 is 5.21 Å². The Kier molecular flexibility index (Phi) is 3.38. The molecule has 0 spiro atoms. The number of rotatable bonds is 1. The van der Waals surface area contributed by atoms with Crippen molar-refractivity contribution in [2.24, 2.45) is 5.16 Å². The van der Waals surface area contributed by atoms with Crippen LogP contribution in [-0.4, -0.2) is 20.4 Å². The molecule has 0 amide bonds. The maximum absolute atomic E-state index is 13.2. The minimum absolute atomic E-state index is 0.115. The molecule has 1 aliphatic rings. The molecule has 0 bridgehead atoms. The van der Waals surface area contributed by atoms with E-state index in [2.05, 4.69) is 5.16 Å². The zero-order chi connectivity index (χ0) is 18.5. The Labute approximate surface area is 156 Å². The standard InChI is InChI=1S/C20H13N3O3S/c24-19-12-6-1-2-7-13(12)20(25)23-18(21-26)17(16-10-5-11-27-16)14-8-3-4-9-15(14)22(19)23/h1-11,17,26H/b21-18+. The van der Waals surface area contributed by atoms with Crippen molar-refractivity contribution in [3.63, 3.8) is 0 Å². The quantitative estimate of drug-likeness (QED) is 0.410. The molecule has 7 heteroatoms. The molecule has 132 valence electrons. The molecule has 2 aromatic heterocycles. The van der Waals surface area contributed by atoms with Crippen molar-refractivity contribution in [2.45, 2.75) is 5.92 Å². The normalized spacial score (nSPS) is 17.0. The number of para-hydroxylation sites is 1. The third-order valence-electron chi connectivity index (χ3n) is 4.85. The monoisotopic (exact) mass is 375 g/mol. The van der Waals surface area contributed by atoms with Crippen LogP contribution in [0.5, 0.6) is 0 Å². The van der Waals surface area contributed by atoms with Gasteiger partial charge in [-0.05, 0) is 35.2 Å². The van der Waals surface area contributed by atoms with Gasteiger partial charge >= 0.3 is 0 Å². The Morgan fingerprint density at radius 3 is 2.19 bits per heavy atom. The van der Waals surface area contributed by atoms with Gasteiger partial charge in [-0.25, -0.2) is 4.68 Å². The second-order valence-corrected chi connectivity index (χ2v) is 7.22. The molecule has 1 aliphatic heterocycles. The van der Waals surface area contributed by atoms with E-state index >= 15 is 0 Å². The van der Waals surface area contributed by atoms with E-state index in [4.69, 9.17) is 0 Å². The summed E-state index contributed by atoms with van der Waals surface area (Å²) in [6, 6.07) is 17.9. The zero-order valence-electron chi connectivity index (χ0n) is 13.9. The highest BCUT2D eigenvalue weighted by Crippen LogP contribution is 2.36. The van der Waals surface area contributed by atoms with Gasteiger partial charge in [-0.3, -0.25) is 9.59 Å². The molecule has 1 unspecified atom stereocenters. The van der Waals surface area contributed by atoms with E-state index in [9.17, 15) is 14.8 Å². The number of oxime groups is 1. The molecule has 5 rings (SSSR count). The molecule has 3 heterocycles. The summed E-state index contributed by atoms with van der Waals surface area (Å²) in [6.45, 7) is 0. The number of aromatic nitrogens is 2. The van der Waals surface area contributed by atoms with E-state index in [1.165, 1.54) is 20.7 Å². The van der Waals surface area contributed by atoms with E-state index < -0.39 is 11.5 Å². The van der Waals surface area contributed by atoms with Crippen LogP contribution < -0.4 is 11.1 Å². The first-order chi connectivity index (χ1) is 13.2. The summed E-state index contributed by atoms with van der Waals surface area (Å²) in [7, 11) is 0. The summed E-state index contributed by atoms with van der Waals surface area (Å²) in [5.41, 5.74) is 0.693. The van der Waals surface area contributed by atoms with Crippen molar-refractivity contribution in [3.05, 3.63) is 97.2 Å². The van der Waals surface area contributed by atoms with Gasteiger partial charge in [0.1, 0.15) is 0 Å².